The van der Waals surface area contributed by atoms with Gasteiger partial charge in [0.05, 0.1) is 0 Å². The zero-order valence-electron chi connectivity index (χ0n) is 13.5. The smallest absolute Gasteiger partial charge is 0.319 e. The highest BCUT2D eigenvalue weighted by Gasteiger charge is 2.15. The molecule has 1 atom stereocenters. The predicted molar refractivity (Wildman–Crippen MR) is 94.1 cm³/mol. The van der Waals surface area contributed by atoms with E-state index in [-0.39, 0.29) is 12.1 Å². The molecule has 0 heterocycles. The van der Waals surface area contributed by atoms with Crippen LogP contribution in [-0.4, -0.2) is 19.7 Å². The zero-order chi connectivity index (χ0) is 16.8. The minimum Gasteiger partial charge on any atom is -0.375 e. The standard InChI is InChI=1S/C18H21ClN2O2/c1-12-8-9-14(10-13(12)2)21-18(22)20-11-17(23-3)15-6-4-5-7-16(15)19/h4-10,17H,11H2,1-3H3,(H2,20,21,22). The van der Waals surface area contributed by atoms with Crippen LogP contribution in [0.25, 0.3) is 0 Å². The summed E-state index contributed by atoms with van der Waals surface area (Å²) in [5.74, 6) is 0. The average Bonchev–Trinajstić information content (AvgIpc) is 2.53. The number of methoxy groups -OCH3 is 1. The number of ether oxygens (including phenoxy) is 1. The van der Waals surface area contributed by atoms with Crippen LogP contribution in [0, 0.1) is 13.8 Å². The molecule has 122 valence electrons. The third kappa shape index (κ3) is 4.71. The molecule has 0 aliphatic carbocycles. The van der Waals surface area contributed by atoms with Gasteiger partial charge in [0.1, 0.15) is 6.10 Å². The summed E-state index contributed by atoms with van der Waals surface area (Å²) in [4.78, 5) is 12.0. The fourth-order valence-corrected chi connectivity index (χ4v) is 2.49. The van der Waals surface area contributed by atoms with Crippen molar-refractivity contribution in [1.29, 1.82) is 0 Å². The fraction of sp³-hybridized carbons (Fsp3) is 0.278. The van der Waals surface area contributed by atoms with E-state index < -0.39 is 0 Å². The van der Waals surface area contributed by atoms with Crippen molar-refractivity contribution < 1.29 is 9.53 Å². The third-order valence-corrected chi connectivity index (χ3v) is 4.09. The van der Waals surface area contributed by atoms with Gasteiger partial charge in [-0.05, 0) is 43.2 Å². The number of hydrogen-bond acceptors (Lipinski definition) is 2. The van der Waals surface area contributed by atoms with Crippen molar-refractivity contribution in [1.82, 2.24) is 5.32 Å². The van der Waals surface area contributed by atoms with Gasteiger partial charge in [-0.1, -0.05) is 35.9 Å². The molecule has 4 nitrogen and oxygen atoms in total. The van der Waals surface area contributed by atoms with E-state index in [1.165, 1.54) is 5.56 Å². The summed E-state index contributed by atoms with van der Waals surface area (Å²) in [5.41, 5.74) is 3.93. The summed E-state index contributed by atoms with van der Waals surface area (Å²) in [7, 11) is 1.59. The number of anilines is 1. The van der Waals surface area contributed by atoms with Gasteiger partial charge in [0.2, 0.25) is 0 Å². The maximum Gasteiger partial charge on any atom is 0.319 e. The lowest BCUT2D eigenvalue weighted by Crippen LogP contribution is -2.33. The van der Waals surface area contributed by atoms with E-state index in [0.29, 0.717) is 11.6 Å². The van der Waals surface area contributed by atoms with Crippen molar-refractivity contribution in [3.63, 3.8) is 0 Å². The molecule has 0 aliphatic rings. The first-order valence-electron chi connectivity index (χ1n) is 7.40. The molecule has 2 N–H and O–H groups in total. The molecule has 2 rings (SSSR count). The van der Waals surface area contributed by atoms with Crippen LogP contribution in [0.3, 0.4) is 0 Å². The number of aryl methyl sites for hydroxylation is 2. The Morgan fingerprint density at radius 2 is 1.91 bits per heavy atom. The van der Waals surface area contributed by atoms with Gasteiger partial charge >= 0.3 is 6.03 Å². The van der Waals surface area contributed by atoms with Gasteiger partial charge in [-0.15, -0.1) is 0 Å². The van der Waals surface area contributed by atoms with E-state index in [4.69, 9.17) is 16.3 Å². The Hall–Kier alpha value is -2.04. The first-order chi connectivity index (χ1) is 11.0. The molecule has 2 aromatic rings. The summed E-state index contributed by atoms with van der Waals surface area (Å²) in [6.07, 6.45) is -0.297. The van der Waals surface area contributed by atoms with Gasteiger partial charge in [0.25, 0.3) is 0 Å². The molecule has 0 saturated heterocycles. The highest BCUT2D eigenvalue weighted by Crippen LogP contribution is 2.24. The van der Waals surface area contributed by atoms with E-state index in [1.807, 2.05) is 50.2 Å². The topological polar surface area (TPSA) is 50.4 Å². The van der Waals surface area contributed by atoms with Crippen LogP contribution in [0.2, 0.25) is 5.02 Å². The summed E-state index contributed by atoms with van der Waals surface area (Å²) in [6, 6.07) is 13.0. The van der Waals surface area contributed by atoms with Gasteiger partial charge in [-0.2, -0.15) is 0 Å². The maximum atomic E-state index is 12.0. The summed E-state index contributed by atoms with van der Waals surface area (Å²) in [5, 5.41) is 6.25. The summed E-state index contributed by atoms with van der Waals surface area (Å²) >= 11 is 6.17. The minimum absolute atomic E-state index is 0.276. The minimum atomic E-state index is -0.297. The molecule has 0 fully saturated rings. The Balaban J connectivity index is 1.94. The van der Waals surface area contributed by atoms with Crippen molar-refractivity contribution in [2.45, 2.75) is 20.0 Å². The number of hydrogen-bond donors (Lipinski definition) is 2. The average molecular weight is 333 g/mol. The zero-order valence-corrected chi connectivity index (χ0v) is 14.3. The molecule has 5 heteroatoms. The number of carbonyl (C=O) groups is 1. The molecular formula is C18H21ClN2O2. The molecule has 2 aromatic carbocycles. The number of urea groups is 1. The number of amides is 2. The van der Waals surface area contributed by atoms with Crippen molar-refractivity contribution in [3.8, 4) is 0 Å². The summed E-state index contributed by atoms with van der Waals surface area (Å²) < 4.78 is 5.43. The van der Waals surface area contributed by atoms with Crippen molar-refractivity contribution in [2.24, 2.45) is 0 Å². The maximum absolute atomic E-state index is 12.0. The van der Waals surface area contributed by atoms with E-state index in [9.17, 15) is 4.79 Å². The first-order valence-corrected chi connectivity index (χ1v) is 7.78. The van der Waals surface area contributed by atoms with E-state index in [0.717, 1.165) is 16.8 Å². The molecular weight excluding hydrogens is 312 g/mol. The van der Waals surface area contributed by atoms with Crippen molar-refractivity contribution in [2.75, 3.05) is 19.0 Å². The normalized spacial score (nSPS) is 11.8. The van der Waals surface area contributed by atoms with E-state index in [2.05, 4.69) is 10.6 Å². The quantitative estimate of drug-likeness (QED) is 0.849. The lowest BCUT2D eigenvalue weighted by molar-refractivity contribution is 0.104. The molecule has 23 heavy (non-hydrogen) atoms. The largest absolute Gasteiger partial charge is 0.375 e. The number of carbonyl (C=O) groups excluding carboxylic acids is 1. The van der Waals surface area contributed by atoms with Crippen LogP contribution >= 0.6 is 11.6 Å². The Labute approximate surface area is 141 Å². The monoisotopic (exact) mass is 332 g/mol. The fourth-order valence-electron chi connectivity index (χ4n) is 2.24. The van der Waals surface area contributed by atoms with Crippen molar-refractivity contribution >= 4 is 23.3 Å². The Morgan fingerprint density at radius 1 is 1.17 bits per heavy atom. The van der Waals surface area contributed by atoms with Gasteiger partial charge in [0.15, 0.2) is 0 Å². The SMILES string of the molecule is COC(CNC(=O)Nc1ccc(C)c(C)c1)c1ccccc1Cl. The Kier molecular flexibility index (Phi) is 6.02. The number of nitrogens with one attached hydrogen (secondary N) is 2. The molecule has 1 unspecified atom stereocenters. The second kappa shape index (κ2) is 7.99. The van der Waals surface area contributed by atoms with E-state index >= 15 is 0 Å². The van der Waals surface area contributed by atoms with Crippen LogP contribution in [-0.2, 0) is 4.74 Å². The number of benzene rings is 2. The second-order valence-electron chi connectivity index (χ2n) is 5.38. The molecule has 0 spiro atoms. The highest BCUT2D eigenvalue weighted by molar-refractivity contribution is 6.31. The third-order valence-electron chi connectivity index (χ3n) is 3.75. The summed E-state index contributed by atoms with van der Waals surface area (Å²) in [6.45, 7) is 4.37. The van der Waals surface area contributed by atoms with E-state index in [1.54, 1.807) is 13.2 Å². The lowest BCUT2D eigenvalue weighted by atomic mass is 10.1. The van der Waals surface area contributed by atoms with Crippen LogP contribution in [0.4, 0.5) is 10.5 Å². The molecule has 0 aromatic heterocycles. The molecule has 0 bridgehead atoms. The van der Waals surface area contributed by atoms with Gasteiger partial charge in [0, 0.05) is 29.9 Å². The Bertz CT molecular complexity index is 688. The number of rotatable bonds is 5. The Morgan fingerprint density at radius 3 is 2.57 bits per heavy atom. The lowest BCUT2D eigenvalue weighted by Gasteiger charge is -2.18. The predicted octanol–water partition coefficient (Wildman–Crippen LogP) is 4.47. The van der Waals surface area contributed by atoms with Gasteiger partial charge < -0.3 is 15.4 Å². The van der Waals surface area contributed by atoms with Crippen LogP contribution in [0.1, 0.15) is 22.8 Å². The molecule has 2 amide bonds. The second-order valence-corrected chi connectivity index (χ2v) is 5.79. The van der Waals surface area contributed by atoms with Crippen LogP contribution in [0.5, 0.6) is 0 Å². The van der Waals surface area contributed by atoms with Crippen LogP contribution < -0.4 is 10.6 Å². The van der Waals surface area contributed by atoms with Gasteiger partial charge in [-0.3, -0.25) is 0 Å². The molecule has 0 saturated carbocycles. The molecule has 0 aliphatic heterocycles. The van der Waals surface area contributed by atoms with Crippen molar-refractivity contribution in [3.05, 3.63) is 64.2 Å². The van der Waals surface area contributed by atoms with Gasteiger partial charge in [-0.25, -0.2) is 4.79 Å². The first kappa shape index (κ1) is 17.3. The molecule has 0 radical (unpaired) electrons. The number of halogens is 1. The van der Waals surface area contributed by atoms with Crippen LogP contribution in [0.15, 0.2) is 42.5 Å². The highest BCUT2D eigenvalue weighted by atomic mass is 35.5.